The van der Waals surface area contributed by atoms with Crippen LogP contribution in [-0.2, 0) is 11.4 Å². The molecule has 1 aromatic carbocycles. The molecule has 2 aromatic rings. The summed E-state index contributed by atoms with van der Waals surface area (Å²) in [5.41, 5.74) is 1.43. The van der Waals surface area contributed by atoms with Crippen molar-refractivity contribution in [2.24, 2.45) is 5.41 Å². The van der Waals surface area contributed by atoms with E-state index >= 15 is 0 Å². The van der Waals surface area contributed by atoms with Gasteiger partial charge in [0.2, 0.25) is 0 Å². The molecule has 3 nitrogen and oxygen atoms in total. The van der Waals surface area contributed by atoms with Gasteiger partial charge in [0.1, 0.15) is 11.4 Å². The van der Waals surface area contributed by atoms with Crippen LogP contribution in [0, 0.1) is 5.41 Å². The lowest BCUT2D eigenvalue weighted by atomic mass is 9.68. The van der Waals surface area contributed by atoms with Crippen molar-refractivity contribution in [3.05, 3.63) is 24.3 Å². The first-order chi connectivity index (χ1) is 9.67. The van der Waals surface area contributed by atoms with E-state index in [2.05, 4.69) is 22.3 Å². The number of hydrogen-bond acceptors (Lipinski definition) is 4. The van der Waals surface area contributed by atoms with Gasteiger partial charge in [-0.1, -0.05) is 29.9 Å². The van der Waals surface area contributed by atoms with Crippen molar-refractivity contribution in [3.63, 3.8) is 0 Å². The lowest BCUT2D eigenvalue weighted by Gasteiger charge is -2.37. The standard InChI is InChI=1S/C15H18N2OS2/c1-11-9-15(7-4-8-15)10-17(11)20(18)14-16-12-5-2-3-6-13(12)19-14/h2-3,5-6,11H,4,7-10H2,1H3. The molecule has 2 aliphatic rings. The number of hydrogen-bond donors (Lipinski definition) is 0. The van der Waals surface area contributed by atoms with Crippen LogP contribution >= 0.6 is 11.3 Å². The molecular weight excluding hydrogens is 288 g/mol. The minimum absolute atomic E-state index is 0.406. The number of fused-ring (bicyclic) bond motifs is 1. The maximum absolute atomic E-state index is 12.8. The lowest BCUT2D eigenvalue weighted by molar-refractivity contribution is 0.152. The summed E-state index contributed by atoms with van der Waals surface area (Å²) in [6.45, 7) is 3.19. The van der Waals surface area contributed by atoms with Gasteiger partial charge in [-0.15, -0.1) is 4.31 Å². The first-order valence-corrected chi connectivity index (χ1v) is 9.13. The highest BCUT2D eigenvalue weighted by molar-refractivity contribution is 7.91. The molecule has 1 aliphatic carbocycles. The van der Waals surface area contributed by atoms with Crippen molar-refractivity contribution in [1.29, 1.82) is 0 Å². The highest BCUT2D eigenvalue weighted by atomic mass is 32.2. The fourth-order valence-corrected chi connectivity index (χ4v) is 6.27. The fourth-order valence-electron chi connectivity index (χ4n) is 3.57. The van der Waals surface area contributed by atoms with Crippen LogP contribution in [0.1, 0.15) is 32.6 Å². The van der Waals surface area contributed by atoms with E-state index in [9.17, 15) is 4.55 Å². The van der Waals surface area contributed by atoms with E-state index in [0.717, 1.165) is 21.1 Å². The molecular formula is C15H18N2OS2. The van der Waals surface area contributed by atoms with Crippen LogP contribution in [0.2, 0.25) is 0 Å². The summed E-state index contributed by atoms with van der Waals surface area (Å²) in [5, 5.41) is 0. The molecule has 1 saturated carbocycles. The number of nitrogens with zero attached hydrogens (tertiary/aromatic N) is 2. The zero-order valence-electron chi connectivity index (χ0n) is 11.5. The van der Waals surface area contributed by atoms with Crippen LogP contribution in [0.5, 0.6) is 0 Å². The van der Waals surface area contributed by atoms with E-state index in [0.29, 0.717) is 11.5 Å². The molecule has 1 aromatic heterocycles. The van der Waals surface area contributed by atoms with Gasteiger partial charge in [0.05, 0.1) is 22.8 Å². The summed E-state index contributed by atoms with van der Waals surface area (Å²) in [5.74, 6) is 0. The monoisotopic (exact) mass is 306 g/mol. The van der Waals surface area contributed by atoms with Gasteiger partial charge in [0.15, 0.2) is 0 Å². The molecule has 1 aliphatic heterocycles. The highest BCUT2D eigenvalue weighted by Gasteiger charge is 2.51. The third kappa shape index (κ3) is 1.99. The average molecular weight is 306 g/mol. The van der Waals surface area contributed by atoms with Crippen LogP contribution in [0.4, 0.5) is 0 Å². The third-order valence-corrected chi connectivity index (χ3v) is 7.58. The number of benzene rings is 1. The maximum Gasteiger partial charge on any atom is 0.324 e. The molecule has 106 valence electrons. The Morgan fingerprint density at radius 1 is 1.40 bits per heavy atom. The SMILES string of the molecule is CC1CC2(CCC2)CN1[S+]([O-])c1nc2ccccc2s1. The molecule has 1 saturated heterocycles. The van der Waals surface area contributed by atoms with Gasteiger partial charge in [0, 0.05) is 0 Å². The zero-order valence-corrected chi connectivity index (χ0v) is 13.2. The molecule has 2 fully saturated rings. The van der Waals surface area contributed by atoms with Crippen molar-refractivity contribution < 1.29 is 4.55 Å². The Morgan fingerprint density at radius 2 is 2.20 bits per heavy atom. The molecule has 2 heterocycles. The Labute approximate surface area is 126 Å². The van der Waals surface area contributed by atoms with E-state index in [4.69, 9.17) is 0 Å². The summed E-state index contributed by atoms with van der Waals surface area (Å²) in [6, 6.07) is 8.44. The molecule has 0 bridgehead atoms. The molecule has 4 rings (SSSR count). The largest absolute Gasteiger partial charge is 0.591 e. The van der Waals surface area contributed by atoms with E-state index in [1.54, 1.807) is 11.3 Å². The predicted octanol–water partition coefficient (Wildman–Crippen LogP) is 3.58. The van der Waals surface area contributed by atoms with Crippen molar-refractivity contribution in [1.82, 2.24) is 9.29 Å². The number of para-hydroxylation sites is 1. The summed E-state index contributed by atoms with van der Waals surface area (Å²) in [4.78, 5) is 4.56. The molecule has 2 unspecified atom stereocenters. The molecule has 0 radical (unpaired) electrons. The second kappa shape index (κ2) is 4.70. The Bertz CT molecular complexity index is 605. The van der Waals surface area contributed by atoms with Gasteiger partial charge in [-0.2, -0.15) is 4.98 Å². The van der Waals surface area contributed by atoms with Gasteiger partial charge in [0.25, 0.3) is 0 Å². The zero-order chi connectivity index (χ0) is 13.7. The van der Waals surface area contributed by atoms with Crippen LogP contribution in [0.3, 0.4) is 0 Å². The van der Waals surface area contributed by atoms with Crippen LogP contribution in [0.15, 0.2) is 28.6 Å². The second-order valence-electron chi connectivity index (χ2n) is 6.18. The summed E-state index contributed by atoms with van der Waals surface area (Å²) >= 11 is 0.472. The highest BCUT2D eigenvalue weighted by Crippen LogP contribution is 2.51. The Hall–Kier alpha value is -0.620. The number of rotatable bonds is 2. The lowest BCUT2D eigenvalue weighted by Crippen LogP contribution is -2.37. The smallest absolute Gasteiger partial charge is 0.324 e. The summed E-state index contributed by atoms with van der Waals surface area (Å²) in [7, 11) is 0. The molecule has 20 heavy (non-hydrogen) atoms. The van der Waals surface area contributed by atoms with Gasteiger partial charge < -0.3 is 4.55 Å². The normalized spacial score (nSPS) is 27.0. The number of aromatic nitrogens is 1. The Kier molecular flexibility index (Phi) is 3.07. The maximum atomic E-state index is 12.8. The molecule has 2 atom stereocenters. The predicted molar refractivity (Wildman–Crippen MR) is 83.1 cm³/mol. The molecule has 5 heteroatoms. The minimum Gasteiger partial charge on any atom is -0.591 e. The van der Waals surface area contributed by atoms with Crippen molar-refractivity contribution in [2.45, 2.75) is 43.0 Å². The third-order valence-electron chi connectivity index (χ3n) is 4.76. The minimum atomic E-state index is -1.10. The summed E-state index contributed by atoms with van der Waals surface area (Å²) in [6.07, 6.45) is 5.16. The van der Waals surface area contributed by atoms with E-state index in [-0.39, 0.29) is 0 Å². The van der Waals surface area contributed by atoms with E-state index in [1.807, 2.05) is 18.2 Å². The van der Waals surface area contributed by atoms with Crippen LogP contribution in [-0.4, -0.2) is 26.4 Å². The average Bonchev–Trinajstić information content (AvgIpc) is 2.98. The van der Waals surface area contributed by atoms with Gasteiger partial charge in [-0.25, -0.2) is 0 Å². The van der Waals surface area contributed by atoms with Crippen LogP contribution in [0.25, 0.3) is 10.2 Å². The van der Waals surface area contributed by atoms with E-state index < -0.39 is 11.4 Å². The molecule has 1 spiro atoms. The summed E-state index contributed by atoms with van der Waals surface area (Å²) < 4.78 is 16.9. The molecule has 0 N–H and O–H groups in total. The first kappa shape index (κ1) is 13.1. The van der Waals surface area contributed by atoms with Crippen LogP contribution < -0.4 is 0 Å². The Morgan fingerprint density at radius 3 is 2.85 bits per heavy atom. The van der Waals surface area contributed by atoms with E-state index in [1.165, 1.54) is 25.7 Å². The van der Waals surface area contributed by atoms with Crippen molar-refractivity contribution >= 4 is 32.9 Å². The van der Waals surface area contributed by atoms with Crippen molar-refractivity contribution in [3.8, 4) is 0 Å². The first-order valence-electron chi connectivity index (χ1n) is 7.21. The Balaban J connectivity index is 1.61. The van der Waals surface area contributed by atoms with Gasteiger partial charge >= 0.3 is 4.34 Å². The van der Waals surface area contributed by atoms with Crippen molar-refractivity contribution in [2.75, 3.05) is 6.54 Å². The fraction of sp³-hybridized carbons (Fsp3) is 0.533. The number of thiazole rings is 1. The topological polar surface area (TPSA) is 39.2 Å². The van der Waals surface area contributed by atoms with Gasteiger partial charge in [-0.05, 0) is 43.7 Å². The van der Waals surface area contributed by atoms with Gasteiger partial charge in [-0.3, -0.25) is 0 Å². The quantitative estimate of drug-likeness (QED) is 0.796. The second-order valence-corrected chi connectivity index (χ2v) is 8.82. The molecule has 0 amide bonds.